The van der Waals surface area contributed by atoms with E-state index in [4.69, 9.17) is 15.2 Å². The third kappa shape index (κ3) is 6.38. The summed E-state index contributed by atoms with van der Waals surface area (Å²) in [6.07, 6.45) is -0.798. The van der Waals surface area contributed by atoms with E-state index in [1.54, 1.807) is 25.3 Å². The predicted molar refractivity (Wildman–Crippen MR) is 160 cm³/mol. The molecule has 5 heterocycles. The smallest absolute Gasteiger partial charge is 0.429 e. The number of hydrogen-bond acceptors (Lipinski definition) is 11. The standard InChI is InChI=1S/C30H32F3N9O4/c1-17-5-8-42(40-17)22-11-18(19-14-35-28(45-2)36-15-19)3-4-20(22)25(30(31,32)33)46-24-12-23(38-27(34)39-24)41-9-6-29(7-10-41)13-21(26(43)44)37-16-29/h3-5,8,11-12,14-15,21,25,37H,6-7,9-10,13,16H2,1-2H3,(H,43,44)(H2,34,38,39)/t21-,25+/m0/s1. The fraction of sp³-hybridized carbons (Fsp3) is 0.400. The van der Waals surface area contributed by atoms with E-state index < -0.39 is 24.3 Å². The molecule has 46 heavy (non-hydrogen) atoms. The first-order valence-corrected chi connectivity index (χ1v) is 14.6. The van der Waals surface area contributed by atoms with Crippen molar-refractivity contribution < 1.29 is 32.5 Å². The first-order chi connectivity index (χ1) is 21.9. The molecule has 2 atom stereocenters. The van der Waals surface area contributed by atoms with Crippen LogP contribution in [0.3, 0.4) is 0 Å². The number of methoxy groups -OCH3 is 1. The number of benzene rings is 1. The number of nitrogens with zero attached hydrogens (tertiary/aromatic N) is 7. The number of aryl methyl sites for hydroxylation is 1. The molecule has 242 valence electrons. The monoisotopic (exact) mass is 639 g/mol. The molecule has 1 aromatic carbocycles. The van der Waals surface area contributed by atoms with Gasteiger partial charge in [0.2, 0.25) is 17.9 Å². The molecule has 2 aliphatic rings. The average molecular weight is 640 g/mol. The number of rotatable bonds is 8. The van der Waals surface area contributed by atoms with Crippen LogP contribution in [0.4, 0.5) is 24.9 Å². The highest BCUT2D eigenvalue weighted by Crippen LogP contribution is 2.42. The van der Waals surface area contributed by atoms with Crippen molar-refractivity contribution in [1.29, 1.82) is 0 Å². The number of anilines is 2. The highest BCUT2D eigenvalue weighted by molar-refractivity contribution is 5.74. The number of carbonyl (C=O) groups is 1. The summed E-state index contributed by atoms with van der Waals surface area (Å²) in [6.45, 7) is 3.36. The van der Waals surface area contributed by atoms with Crippen LogP contribution in [0, 0.1) is 12.3 Å². The minimum absolute atomic E-state index is 0.136. The number of piperidine rings is 1. The Morgan fingerprint density at radius 1 is 1.13 bits per heavy atom. The number of nitrogens with two attached hydrogens (primary N) is 1. The second-order valence-electron chi connectivity index (χ2n) is 11.6. The van der Waals surface area contributed by atoms with E-state index >= 15 is 0 Å². The Morgan fingerprint density at radius 2 is 1.87 bits per heavy atom. The molecule has 0 radical (unpaired) electrons. The van der Waals surface area contributed by atoms with Crippen LogP contribution < -0.4 is 25.4 Å². The highest BCUT2D eigenvalue weighted by atomic mass is 19.4. The second kappa shape index (κ2) is 12.1. The number of aliphatic carboxylic acids is 1. The molecule has 6 rings (SSSR count). The number of hydrogen-bond donors (Lipinski definition) is 3. The Kier molecular flexibility index (Phi) is 8.14. The molecular weight excluding hydrogens is 607 g/mol. The molecule has 0 unspecified atom stereocenters. The number of carboxylic acid groups (broad SMARTS) is 1. The Labute approximate surface area is 261 Å². The number of nitrogens with one attached hydrogen (secondary N) is 1. The summed E-state index contributed by atoms with van der Waals surface area (Å²) in [5.74, 6) is -1.12. The summed E-state index contributed by atoms with van der Waals surface area (Å²) < 4.78 is 56.4. The van der Waals surface area contributed by atoms with E-state index in [-0.39, 0.29) is 34.5 Å². The molecule has 2 aliphatic heterocycles. The SMILES string of the molecule is COc1ncc(-c2ccc([C@@H](Oc3cc(N4CCC5(CC4)CN[C@H](C(=O)O)C5)nc(N)n3)C(F)(F)F)c(-n3ccc(C)n3)c2)cn1. The summed E-state index contributed by atoms with van der Waals surface area (Å²) in [5, 5.41) is 16.8. The lowest BCUT2D eigenvalue weighted by Gasteiger charge is -2.39. The first kappa shape index (κ1) is 31.0. The van der Waals surface area contributed by atoms with Crippen molar-refractivity contribution in [2.45, 2.75) is 44.5 Å². The lowest BCUT2D eigenvalue weighted by molar-refractivity contribution is -0.198. The number of halogens is 3. The molecule has 3 aromatic heterocycles. The number of alkyl halides is 3. The molecular formula is C30H32F3N9O4. The molecule has 1 spiro atoms. The van der Waals surface area contributed by atoms with E-state index in [1.165, 1.54) is 42.4 Å². The first-order valence-electron chi connectivity index (χ1n) is 14.6. The minimum Gasteiger partial charge on any atom is -0.480 e. The van der Waals surface area contributed by atoms with Crippen LogP contribution in [-0.2, 0) is 4.79 Å². The molecule has 0 bridgehead atoms. The summed E-state index contributed by atoms with van der Waals surface area (Å²) in [7, 11) is 1.43. The van der Waals surface area contributed by atoms with Crippen LogP contribution in [0.25, 0.3) is 16.8 Å². The normalized spacial score (nSPS) is 18.5. The second-order valence-corrected chi connectivity index (χ2v) is 11.6. The van der Waals surface area contributed by atoms with Crippen molar-refractivity contribution in [3.8, 4) is 28.7 Å². The van der Waals surface area contributed by atoms with Gasteiger partial charge in [-0.3, -0.25) is 4.79 Å². The maximum atomic E-state index is 14.8. The number of aromatic nitrogens is 6. The van der Waals surface area contributed by atoms with E-state index in [1.807, 2.05) is 4.90 Å². The summed E-state index contributed by atoms with van der Waals surface area (Å²) in [4.78, 5) is 29.8. The van der Waals surface area contributed by atoms with Gasteiger partial charge in [-0.25, -0.2) is 14.6 Å². The fourth-order valence-electron chi connectivity index (χ4n) is 6.03. The van der Waals surface area contributed by atoms with Gasteiger partial charge < -0.3 is 30.5 Å². The van der Waals surface area contributed by atoms with Gasteiger partial charge in [0.15, 0.2) is 0 Å². The molecule has 0 saturated carbocycles. The van der Waals surface area contributed by atoms with Gasteiger partial charge in [0.05, 0.1) is 18.5 Å². The predicted octanol–water partition coefficient (Wildman–Crippen LogP) is 3.73. The molecule has 0 aliphatic carbocycles. The van der Waals surface area contributed by atoms with Gasteiger partial charge in [-0.05, 0) is 49.3 Å². The Balaban J connectivity index is 1.30. The van der Waals surface area contributed by atoms with Crippen LogP contribution in [0.5, 0.6) is 11.9 Å². The third-order valence-electron chi connectivity index (χ3n) is 8.48. The van der Waals surface area contributed by atoms with Gasteiger partial charge in [-0.15, -0.1) is 0 Å². The average Bonchev–Trinajstić information content (AvgIpc) is 3.66. The number of ether oxygens (including phenoxy) is 2. The van der Waals surface area contributed by atoms with E-state index in [0.29, 0.717) is 61.5 Å². The van der Waals surface area contributed by atoms with Crippen molar-refractivity contribution in [3.63, 3.8) is 0 Å². The van der Waals surface area contributed by atoms with Crippen molar-refractivity contribution in [2.24, 2.45) is 5.41 Å². The molecule has 0 amide bonds. The van der Waals surface area contributed by atoms with E-state index in [2.05, 4.69) is 30.4 Å². The van der Waals surface area contributed by atoms with E-state index in [9.17, 15) is 23.1 Å². The summed E-state index contributed by atoms with van der Waals surface area (Å²) in [5.41, 5.74) is 7.46. The van der Waals surface area contributed by atoms with Crippen molar-refractivity contribution in [2.75, 3.05) is 37.4 Å². The van der Waals surface area contributed by atoms with E-state index in [0.717, 1.165) is 0 Å². The quantitative estimate of drug-likeness (QED) is 0.256. The Bertz CT molecular complexity index is 1720. The molecule has 2 fully saturated rings. The van der Waals surface area contributed by atoms with Gasteiger partial charge in [0, 0.05) is 55.4 Å². The van der Waals surface area contributed by atoms with Gasteiger partial charge in [-0.1, -0.05) is 12.1 Å². The number of carboxylic acids is 1. The minimum atomic E-state index is -4.85. The van der Waals surface area contributed by atoms with Crippen molar-refractivity contribution >= 4 is 17.7 Å². The topological polar surface area (TPSA) is 166 Å². The van der Waals surface area contributed by atoms with Gasteiger partial charge in [-0.2, -0.15) is 28.2 Å². The zero-order valence-electron chi connectivity index (χ0n) is 25.0. The van der Waals surface area contributed by atoms with Crippen LogP contribution in [0.15, 0.2) is 48.9 Å². The fourth-order valence-corrected chi connectivity index (χ4v) is 6.03. The third-order valence-corrected chi connectivity index (χ3v) is 8.48. The molecule has 4 N–H and O–H groups in total. The summed E-state index contributed by atoms with van der Waals surface area (Å²) >= 11 is 0. The number of nitrogen functional groups attached to an aromatic ring is 1. The molecule has 4 aromatic rings. The van der Waals surface area contributed by atoms with Crippen LogP contribution in [0.2, 0.25) is 0 Å². The van der Waals surface area contributed by atoms with Crippen LogP contribution >= 0.6 is 0 Å². The summed E-state index contributed by atoms with van der Waals surface area (Å²) in [6, 6.07) is 7.02. The zero-order valence-corrected chi connectivity index (χ0v) is 25.0. The maximum absolute atomic E-state index is 14.8. The lowest BCUT2D eigenvalue weighted by atomic mass is 9.76. The maximum Gasteiger partial charge on any atom is 0.429 e. The van der Waals surface area contributed by atoms with Gasteiger partial charge in [0.1, 0.15) is 11.9 Å². The Hall–Kier alpha value is -4.99. The van der Waals surface area contributed by atoms with Gasteiger partial charge in [0.25, 0.3) is 0 Å². The van der Waals surface area contributed by atoms with Crippen LogP contribution in [0.1, 0.15) is 36.6 Å². The molecule has 16 heteroatoms. The van der Waals surface area contributed by atoms with Crippen molar-refractivity contribution in [3.05, 3.63) is 60.2 Å². The molecule has 2 saturated heterocycles. The molecule has 13 nitrogen and oxygen atoms in total. The zero-order chi connectivity index (χ0) is 32.6. The highest BCUT2D eigenvalue weighted by Gasteiger charge is 2.46. The van der Waals surface area contributed by atoms with Crippen LogP contribution in [-0.4, -0.2) is 79.8 Å². The van der Waals surface area contributed by atoms with Gasteiger partial charge >= 0.3 is 18.2 Å². The largest absolute Gasteiger partial charge is 0.480 e. The van der Waals surface area contributed by atoms with Crippen molar-refractivity contribution in [1.82, 2.24) is 35.0 Å². The Morgan fingerprint density at radius 3 is 2.48 bits per heavy atom. The lowest BCUT2D eigenvalue weighted by Crippen LogP contribution is -2.41.